The molecule has 2 rings (SSSR count). The summed E-state index contributed by atoms with van der Waals surface area (Å²) in [5.41, 5.74) is 1.65. The van der Waals surface area contributed by atoms with Crippen LogP contribution in [0.4, 0.5) is 0 Å². The lowest BCUT2D eigenvalue weighted by atomic mass is 9.96. The lowest BCUT2D eigenvalue weighted by Gasteiger charge is -2.21. The Labute approximate surface area is 158 Å². The molecule has 1 fully saturated rings. The van der Waals surface area contributed by atoms with Gasteiger partial charge in [-0.25, -0.2) is 0 Å². The van der Waals surface area contributed by atoms with Crippen molar-refractivity contribution < 1.29 is 4.74 Å². The Morgan fingerprint density at radius 1 is 1.45 bits per heavy atom. The zero-order chi connectivity index (χ0) is 15.3. The van der Waals surface area contributed by atoms with E-state index in [1.807, 2.05) is 0 Å². The predicted octanol–water partition coefficient (Wildman–Crippen LogP) is 3.30. The molecule has 4 nitrogen and oxygen atoms in total. The Hall–Kier alpha value is -0.340. The normalized spacial score (nSPS) is 17.4. The Morgan fingerprint density at radius 2 is 2.18 bits per heavy atom. The summed E-state index contributed by atoms with van der Waals surface area (Å²) >= 11 is 3.56. The fraction of sp³-hybridized carbons (Fsp3) is 0.562. The van der Waals surface area contributed by atoms with Gasteiger partial charge in [-0.15, -0.1) is 24.0 Å². The highest BCUT2D eigenvalue weighted by Gasteiger charge is 2.44. The van der Waals surface area contributed by atoms with Crippen LogP contribution in [0.15, 0.2) is 33.7 Å². The summed E-state index contributed by atoms with van der Waals surface area (Å²) in [6, 6.07) is 8.84. The molecule has 0 radical (unpaired) electrons. The van der Waals surface area contributed by atoms with Crippen LogP contribution in [0, 0.1) is 0 Å². The molecule has 1 aromatic rings. The number of hydrogen-bond acceptors (Lipinski definition) is 2. The van der Waals surface area contributed by atoms with E-state index >= 15 is 0 Å². The molecule has 6 heteroatoms. The fourth-order valence-corrected chi connectivity index (χ4v) is 2.91. The van der Waals surface area contributed by atoms with Crippen molar-refractivity contribution in [2.24, 2.45) is 4.99 Å². The van der Waals surface area contributed by atoms with E-state index in [9.17, 15) is 0 Å². The van der Waals surface area contributed by atoms with Gasteiger partial charge in [0, 0.05) is 36.6 Å². The highest BCUT2D eigenvalue weighted by Crippen LogP contribution is 2.48. The van der Waals surface area contributed by atoms with Crippen LogP contribution in [0.1, 0.15) is 25.3 Å². The summed E-state index contributed by atoms with van der Waals surface area (Å²) in [5.74, 6) is 0.834. The number of halogens is 2. The molecular formula is C16H25BrIN3O. The summed E-state index contributed by atoms with van der Waals surface area (Å²) in [6.07, 6.45) is 2.45. The average molecular weight is 482 g/mol. The number of methoxy groups -OCH3 is 1. The topological polar surface area (TPSA) is 45.7 Å². The maximum Gasteiger partial charge on any atom is 0.191 e. The summed E-state index contributed by atoms with van der Waals surface area (Å²) in [5, 5.41) is 6.78. The highest BCUT2D eigenvalue weighted by molar-refractivity contribution is 14.0. The van der Waals surface area contributed by atoms with E-state index in [0.29, 0.717) is 6.61 Å². The summed E-state index contributed by atoms with van der Waals surface area (Å²) < 4.78 is 6.28. The molecule has 22 heavy (non-hydrogen) atoms. The minimum atomic E-state index is 0. The van der Waals surface area contributed by atoms with Gasteiger partial charge < -0.3 is 15.4 Å². The molecule has 0 aliphatic heterocycles. The van der Waals surface area contributed by atoms with Crippen molar-refractivity contribution in [1.29, 1.82) is 0 Å². The molecule has 2 N–H and O–H groups in total. The molecule has 1 aliphatic rings. The minimum absolute atomic E-state index is 0. The van der Waals surface area contributed by atoms with E-state index < -0.39 is 0 Å². The van der Waals surface area contributed by atoms with E-state index in [-0.39, 0.29) is 35.4 Å². The third-order valence-electron chi connectivity index (χ3n) is 3.91. The van der Waals surface area contributed by atoms with Gasteiger partial charge in [0.25, 0.3) is 0 Å². The van der Waals surface area contributed by atoms with Gasteiger partial charge in [-0.2, -0.15) is 0 Å². The van der Waals surface area contributed by atoms with E-state index in [1.54, 1.807) is 14.2 Å². The molecule has 1 saturated carbocycles. The van der Waals surface area contributed by atoms with Crippen molar-refractivity contribution in [2.45, 2.75) is 31.2 Å². The Bertz CT molecular complexity index is 506. The standard InChI is InChI=1S/C16H24BrN3O.HI/c1-12(10-21-3)20-15(18-2)19-11-16(7-8-16)13-5-4-6-14(17)9-13;/h4-6,9,12H,7-8,10-11H2,1-3H3,(H2,18,19,20);1H. The molecule has 0 saturated heterocycles. The van der Waals surface area contributed by atoms with Gasteiger partial charge in [0.1, 0.15) is 0 Å². The Morgan fingerprint density at radius 3 is 2.73 bits per heavy atom. The first-order valence-corrected chi connectivity index (χ1v) is 8.11. The first kappa shape index (κ1) is 19.7. The van der Waals surface area contributed by atoms with Gasteiger partial charge in [0.2, 0.25) is 0 Å². The lowest BCUT2D eigenvalue weighted by Crippen LogP contribution is -2.46. The number of hydrogen-bond donors (Lipinski definition) is 2. The van der Waals surface area contributed by atoms with Crippen LogP contribution in [0.2, 0.25) is 0 Å². The van der Waals surface area contributed by atoms with Crippen LogP contribution in [0.25, 0.3) is 0 Å². The minimum Gasteiger partial charge on any atom is -0.383 e. The van der Waals surface area contributed by atoms with E-state index in [1.165, 1.54) is 18.4 Å². The van der Waals surface area contributed by atoms with Gasteiger partial charge in [0.15, 0.2) is 5.96 Å². The van der Waals surface area contributed by atoms with Crippen LogP contribution in [0.5, 0.6) is 0 Å². The van der Waals surface area contributed by atoms with Gasteiger partial charge in [-0.1, -0.05) is 28.1 Å². The fourth-order valence-electron chi connectivity index (χ4n) is 2.51. The van der Waals surface area contributed by atoms with Gasteiger partial charge in [-0.05, 0) is 37.5 Å². The molecule has 1 aromatic carbocycles. The van der Waals surface area contributed by atoms with E-state index in [4.69, 9.17) is 4.74 Å². The van der Waals surface area contributed by atoms with Crippen LogP contribution < -0.4 is 10.6 Å². The molecular weight excluding hydrogens is 457 g/mol. The number of nitrogens with one attached hydrogen (secondary N) is 2. The van der Waals surface area contributed by atoms with Crippen LogP contribution in [-0.2, 0) is 10.2 Å². The maximum absolute atomic E-state index is 5.14. The Balaban J connectivity index is 0.00000242. The molecule has 1 unspecified atom stereocenters. The van der Waals surface area contributed by atoms with Crippen molar-refractivity contribution in [3.8, 4) is 0 Å². The van der Waals surface area contributed by atoms with Gasteiger partial charge in [-0.3, -0.25) is 4.99 Å². The summed E-state index contributed by atoms with van der Waals surface area (Å²) in [7, 11) is 3.51. The monoisotopic (exact) mass is 481 g/mol. The number of nitrogens with zero attached hydrogens (tertiary/aromatic N) is 1. The molecule has 0 amide bonds. The molecule has 1 atom stereocenters. The summed E-state index contributed by atoms with van der Waals surface area (Å²) in [4.78, 5) is 4.28. The maximum atomic E-state index is 5.14. The molecule has 124 valence electrons. The van der Waals surface area contributed by atoms with Crippen molar-refractivity contribution in [2.75, 3.05) is 27.3 Å². The molecule has 1 aliphatic carbocycles. The third kappa shape index (κ3) is 5.38. The largest absolute Gasteiger partial charge is 0.383 e. The first-order chi connectivity index (χ1) is 10.1. The lowest BCUT2D eigenvalue weighted by molar-refractivity contribution is 0.179. The van der Waals surface area contributed by atoms with Crippen LogP contribution in [0.3, 0.4) is 0 Å². The molecule has 0 aromatic heterocycles. The second-order valence-corrected chi connectivity index (χ2v) is 6.63. The first-order valence-electron chi connectivity index (χ1n) is 7.32. The van der Waals surface area contributed by atoms with Crippen molar-refractivity contribution >= 4 is 45.9 Å². The number of benzene rings is 1. The van der Waals surface area contributed by atoms with Crippen LogP contribution >= 0.6 is 39.9 Å². The SMILES string of the molecule is CN=C(NCC1(c2cccc(Br)c2)CC1)NC(C)COC.I. The number of rotatable bonds is 6. The molecule has 0 spiro atoms. The highest BCUT2D eigenvalue weighted by atomic mass is 127. The van der Waals surface area contributed by atoms with E-state index in [2.05, 4.69) is 62.7 Å². The second-order valence-electron chi connectivity index (χ2n) is 5.72. The number of ether oxygens (including phenoxy) is 1. The van der Waals surface area contributed by atoms with Crippen molar-refractivity contribution in [3.05, 3.63) is 34.3 Å². The zero-order valence-corrected chi connectivity index (χ0v) is 17.3. The van der Waals surface area contributed by atoms with Crippen LogP contribution in [-0.4, -0.2) is 39.3 Å². The van der Waals surface area contributed by atoms with Crippen molar-refractivity contribution in [3.63, 3.8) is 0 Å². The van der Waals surface area contributed by atoms with Gasteiger partial charge in [0.05, 0.1) is 6.61 Å². The quantitative estimate of drug-likeness (QED) is 0.372. The summed E-state index contributed by atoms with van der Waals surface area (Å²) in [6.45, 7) is 3.65. The third-order valence-corrected chi connectivity index (χ3v) is 4.40. The van der Waals surface area contributed by atoms with E-state index in [0.717, 1.165) is 17.0 Å². The predicted molar refractivity (Wildman–Crippen MR) is 106 cm³/mol. The Kier molecular flexibility index (Phi) is 8.13. The van der Waals surface area contributed by atoms with Gasteiger partial charge >= 0.3 is 0 Å². The average Bonchev–Trinajstić information content (AvgIpc) is 3.25. The zero-order valence-electron chi connectivity index (χ0n) is 13.4. The molecule has 0 heterocycles. The number of aliphatic imine (C=N–C) groups is 1. The number of guanidine groups is 1. The molecule has 0 bridgehead atoms. The second kappa shape index (κ2) is 9.08. The van der Waals surface area contributed by atoms with Crippen molar-refractivity contribution in [1.82, 2.24) is 10.6 Å². The smallest absolute Gasteiger partial charge is 0.191 e.